The first-order chi connectivity index (χ1) is 7.84. The van der Waals surface area contributed by atoms with Gasteiger partial charge in [-0.3, -0.25) is 4.79 Å². The number of Topliss-reactive ketones (excluding diaryl/α,β-unsaturated/α-hetero) is 1. The van der Waals surface area contributed by atoms with E-state index >= 15 is 0 Å². The largest absolute Gasteiger partial charge is 0.385 e. The van der Waals surface area contributed by atoms with Crippen LogP contribution < -0.4 is 0 Å². The molecular formula is C12H18O2S2. The molecule has 1 aromatic heterocycles. The molecule has 2 nitrogen and oxygen atoms in total. The van der Waals surface area contributed by atoms with Crippen molar-refractivity contribution in [2.45, 2.75) is 19.3 Å². The zero-order valence-corrected chi connectivity index (χ0v) is 11.2. The molecule has 0 amide bonds. The van der Waals surface area contributed by atoms with Crippen LogP contribution in [0.4, 0.5) is 0 Å². The van der Waals surface area contributed by atoms with Crippen molar-refractivity contribution in [3.63, 3.8) is 0 Å². The van der Waals surface area contributed by atoms with Crippen LogP contribution in [0.1, 0.15) is 28.9 Å². The van der Waals surface area contributed by atoms with Crippen molar-refractivity contribution in [2.24, 2.45) is 0 Å². The van der Waals surface area contributed by atoms with Gasteiger partial charge in [0.2, 0.25) is 0 Å². The van der Waals surface area contributed by atoms with Gasteiger partial charge in [0.05, 0.1) is 4.88 Å². The van der Waals surface area contributed by atoms with Crippen molar-refractivity contribution in [2.75, 3.05) is 25.2 Å². The van der Waals surface area contributed by atoms with Crippen molar-refractivity contribution < 1.29 is 9.53 Å². The van der Waals surface area contributed by atoms with Crippen LogP contribution in [0, 0.1) is 0 Å². The third-order valence-corrected chi connectivity index (χ3v) is 4.19. The summed E-state index contributed by atoms with van der Waals surface area (Å²) in [4.78, 5) is 12.5. The Morgan fingerprint density at radius 2 is 2.25 bits per heavy atom. The minimum Gasteiger partial charge on any atom is -0.385 e. The summed E-state index contributed by atoms with van der Waals surface area (Å²) >= 11 is 3.44. The second-order valence-corrected chi connectivity index (χ2v) is 5.64. The van der Waals surface area contributed by atoms with Crippen molar-refractivity contribution in [3.05, 3.63) is 22.4 Å². The molecule has 90 valence electrons. The Kier molecular flexibility index (Phi) is 7.55. The summed E-state index contributed by atoms with van der Waals surface area (Å²) in [7, 11) is 1.73. The number of thiophene rings is 1. The molecule has 0 N–H and O–H groups in total. The van der Waals surface area contributed by atoms with Crippen LogP contribution >= 0.6 is 23.1 Å². The highest BCUT2D eigenvalue weighted by molar-refractivity contribution is 7.99. The van der Waals surface area contributed by atoms with Crippen LogP contribution in [0.5, 0.6) is 0 Å². The van der Waals surface area contributed by atoms with Gasteiger partial charge in [0.1, 0.15) is 0 Å². The minimum absolute atomic E-state index is 0.285. The van der Waals surface area contributed by atoms with Gasteiger partial charge in [0.25, 0.3) is 0 Å². The highest BCUT2D eigenvalue weighted by Gasteiger charge is 2.05. The van der Waals surface area contributed by atoms with Crippen LogP contribution in [0.15, 0.2) is 17.5 Å². The van der Waals surface area contributed by atoms with E-state index in [-0.39, 0.29) is 5.78 Å². The van der Waals surface area contributed by atoms with E-state index in [1.165, 1.54) is 11.3 Å². The van der Waals surface area contributed by atoms with E-state index in [0.29, 0.717) is 6.42 Å². The SMILES string of the molecule is COCCCSCCCC(=O)c1cccs1. The molecule has 0 unspecified atom stereocenters. The monoisotopic (exact) mass is 258 g/mol. The van der Waals surface area contributed by atoms with Crippen LogP contribution in [0.3, 0.4) is 0 Å². The average molecular weight is 258 g/mol. The molecule has 0 aliphatic heterocycles. The molecule has 0 aliphatic carbocycles. The van der Waals surface area contributed by atoms with E-state index in [0.717, 1.165) is 35.8 Å². The van der Waals surface area contributed by atoms with Crippen molar-refractivity contribution >= 4 is 28.9 Å². The van der Waals surface area contributed by atoms with E-state index in [1.807, 2.05) is 29.3 Å². The predicted molar refractivity (Wildman–Crippen MR) is 71.7 cm³/mol. The van der Waals surface area contributed by atoms with E-state index in [1.54, 1.807) is 7.11 Å². The molecule has 0 saturated heterocycles. The summed E-state index contributed by atoms with van der Waals surface area (Å²) in [6, 6.07) is 3.83. The number of ketones is 1. The van der Waals surface area contributed by atoms with Crippen LogP contribution in [0.2, 0.25) is 0 Å². The van der Waals surface area contributed by atoms with Crippen LogP contribution in [-0.2, 0) is 4.74 Å². The lowest BCUT2D eigenvalue weighted by molar-refractivity contribution is 0.0986. The highest BCUT2D eigenvalue weighted by atomic mass is 32.2. The quantitative estimate of drug-likeness (QED) is 0.501. The molecule has 0 radical (unpaired) electrons. The standard InChI is InChI=1S/C12H18O2S2/c1-14-7-4-9-15-8-2-5-11(13)12-6-3-10-16-12/h3,6,10H,2,4-5,7-9H2,1H3. The second kappa shape index (κ2) is 8.79. The highest BCUT2D eigenvalue weighted by Crippen LogP contribution is 2.14. The first-order valence-corrected chi connectivity index (χ1v) is 7.51. The maximum absolute atomic E-state index is 11.6. The molecule has 1 heterocycles. The molecule has 1 aromatic rings. The van der Waals surface area contributed by atoms with E-state index in [9.17, 15) is 4.79 Å². The van der Waals surface area contributed by atoms with Gasteiger partial charge in [0, 0.05) is 20.1 Å². The molecule has 0 atom stereocenters. The number of rotatable bonds is 9. The normalized spacial score (nSPS) is 10.6. The maximum atomic E-state index is 11.6. The van der Waals surface area contributed by atoms with Gasteiger partial charge >= 0.3 is 0 Å². The fraction of sp³-hybridized carbons (Fsp3) is 0.583. The molecule has 4 heteroatoms. The number of methoxy groups -OCH3 is 1. The molecule has 1 rings (SSSR count). The lowest BCUT2D eigenvalue weighted by Gasteiger charge is -2.00. The number of hydrogen-bond acceptors (Lipinski definition) is 4. The predicted octanol–water partition coefficient (Wildman–Crippen LogP) is 3.48. The molecule has 0 aliphatic rings. The molecule has 0 bridgehead atoms. The second-order valence-electron chi connectivity index (χ2n) is 3.46. The zero-order chi connectivity index (χ0) is 11.6. The van der Waals surface area contributed by atoms with Gasteiger partial charge in [0.15, 0.2) is 5.78 Å². The number of carbonyl (C=O) groups excluding carboxylic acids is 1. The average Bonchev–Trinajstić information content (AvgIpc) is 2.81. The van der Waals surface area contributed by atoms with Crippen molar-refractivity contribution in [1.82, 2.24) is 0 Å². The first-order valence-electron chi connectivity index (χ1n) is 5.48. The lowest BCUT2D eigenvalue weighted by atomic mass is 10.2. The van der Waals surface area contributed by atoms with E-state index in [2.05, 4.69) is 0 Å². The fourth-order valence-electron chi connectivity index (χ4n) is 1.30. The summed E-state index contributed by atoms with van der Waals surface area (Å²) in [5, 5.41) is 1.95. The summed E-state index contributed by atoms with van der Waals surface area (Å²) in [5.41, 5.74) is 0. The van der Waals surface area contributed by atoms with Gasteiger partial charge < -0.3 is 4.74 Å². The molecule has 0 spiro atoms. The fourth-order valence-corrected chi connectivity index (χ4v) is 2.87. The molecule has 0 aromatic carbocycles. The third kappa shape index (κ3) is 5.68. The maximum Gasteiger partial charge on any atom is 0.172 e. The zero-order valence-electron chi connectivity index (χ0n) is 9.61. The Labute approximate surface area is 105 Å². The Bertz CT molecular complexity index is 283. The third-order valence-electron chi connectivity index (χ3n) is 2.13. The van der Waals surface area contributed by atoms with Gasteiger partial charge in [-0.1, -0.05) is 6.07 Å². The van der Waals surface area contributed by atoms with Crippen LogP contribution in [-0.4, -0.2) is 31.0 Å². The van der Waals surface area contributed by atoms with Gasteiger partial charge in [-0.2, -0.15) is 11.8 Å². The van der Waals surface area contributed by atoms with Crippen molar-refractivity contribution in [3.8, 4) is 0 Å². The van der Waals surface area contributed by atoms with Crippen molar-refractivity contribution in [1.29, 1.82) is 0 Å². The molecule has 0 saturated carbocycles. The smallest absolute Gasteiger partial charge is 0.172 e. The Morgan fingerprint density at radius 1 is 1.44 bits per heavy atom. The molecule has 16 heavy (non-hydrogen) atoms. The molecular weight excluding hydrogens is 240 g/mol. The van der Waals surface area contributed by atoms with E-state index in [4.69, 9.17) is 4.74 Å². The van der Waals surface area contributed by atoms with E-state index < -0.39 is 0 Å². The summed E-state index contributed by atoms with van der Waals surface area (Å²) in [5.74, 6) is 2.48. The minimum atomic E-state index is 0.285. The number of carbonyl (C=O) groups is 1. The molecule has 0 fully saturated rings. The summed E-state index contributed by atoms with van der Waals surface area (Å²) < 4.78 is 4.97. The van der Waals surface area contributed by atoms with Crippen LogP contribution in [0.25, 0.3) is 0 Å². The van der Waals surface area contributed by atoms with Gasteiger partial charge in [-0.25, -0.2) is 0 Å². The number of thioether (sulfide) groups is 1. The summed E-state index contributed by atoms with van der Waals surface area (Å²) in [6.45, 7) is 0.834. The number of ether oxygens (including phenoxy) is 1. The Hall–Kier alpha value is -0.320. The topological polar surface area (TPSA) is 26.3 Å². The Balaban J connectivity index is 1.97. The Morgan fingerprint density at radius 3 is 2.94 bits per heavy atom. The van der Waals surface area contributed by atoms with Gasteiger partial charge in [-0.05, 0) is 35.8 Å². The summed E-state index contributed by atoms with van der Waals surface area (Å²) in [6.07, 6.45) is 2.76. The number of hydrogen-bond donors (Lipinski definition) is 0. The van der Waals surface area contributed by atoms with Gasteiger partial charge in [-0.15, -0.1) is 11.3 Å². The lowest BCUT2D eigenvalue weighted by Crippen LogP contribution is -1.97. The first kappa shape index (κ1) is 13.7.